The van der Waals surface area contributed by atoms with Crippen LogP contribution in [0.4, 0.5) is 0 Å². The Labute approximate surface area is 93.3 Å². The van der Waals surface area contributed by atoms with Crippen molar-refractivity contribution in [2.75, 3.05) is 20.3 Å². The number of amides is 1. The number of hydrogen-bond donors (Lipinski definition) is 2. The molecule has 1 atom stereocenters. The predicted octanol–water partition coefficient (Wildman–Crippen LogP) is -1.44. The van der Waals surface area contributed by atoms with Gasteiger partial charge in [-0.2, -0.15) is 0 Å². The number of hydrogen-bond acceptors (Lipinski definition) is 6. The molecule has 0 saturated carbocycles. The number of ether oxygens (including phenoxy) is 2. The van der Waals surface area contributed by atoms with E-state index in [1.54, 1.807) is 0 Å². The first-order chi connectivity index (χ1) is 7.47. The highest BCUT2D eigenvalue weighted by atomic mass is 16.5. The van der Waals surface area contributed by atoms with Crippen molar-refractivity contribution in [2.24, 2.45) is 5.73 Å². The summed E-state index contributed by atoms with van der Waals surface area (Å²) in [5.41, 5.74) is 5.42. The second-order valence-corrected chi connectivity index (χ2v) is 3.05. The molecule has 1 amide bonds. The fourth-order valence-corrected chi connectivity index (χ4v) is 0.855. The van der Waals surface area contributed by atoms with Gasteiger partial charge in [0.25, 0.3) is 5.91 Å². The molecule has 3 N–H and O–H groups in total. The van der Waals surface area contributed by atoms with Crippen molar-refractivity contribution in [1.82, 2.24) is 5.32 Å². The van der Waals surface area contributed by atoms with Gasteiger partial charge in [0.1, 0.15) is 6.04 Å². The third kappa shape index (κ3) is 6.77. The SMILES string of the molecule is COC(=O)[C@@H](N)CCNC(=O)COC(C)=O. The van der Waals surface area contributed by atoms with Crippen molar-refractivity contribution >= 4 is 17.8 Å². The molecule has 0 unspecified atom stereocenters. The lowest BCUT2D eigenvalue weighted by Crippen LogP contribution is -2.37. The van der Waals surface area contributed by atoms with Crippen LogP contribution in [-0.4, -0.2) is 44.1 Å². The van der Waals surface area contributed by atoms with Gasteiger partial charge in [-0.15, -0.1) is 0 Å². The highest BCUT2D eigenvalue weighted by Crippen LogP contribution is 1.89. The summed E-state index contributed by atoms with van der Waals surface area (Å²) in [6, 6.07) is -0.765. The van der Waals surface area contributed by atoms with Gasteiger partial charge in [-0.3, -0.25) is 14.4 Å². The largest absolute Gasteiger partial charge is 0.468 e. The second kappa shape index (κ2) is 7.63. The van der Waals surface area contributed by atoms with Gasteiger partial charge in [-0.1, -0.05) is 0 Å². The fraction of sp³-hybridized carbons (Fsp3) is 0.667. The summed E-state index contributed by atoms with van der Waals surface area (Å²) < 4.78 is 8.86. The zero-order valence-corrected chi connectivity index (χ0v) is 9.32. The number of nitrogens with two attached hydrogens (primary N) is 1. The lowest BCUT2D eigenvalue weighted by atomic mass is 10.2. The number of rotatable bonds is 6. The van der Waals surface area contributed by atoms with E-state index in [-0.39, 0.29) is 19.6 Å². The van der Waals surface area contributed by atoms with Gasteiger partial charge in [-0.05, 0) is 6.42 Å². The van der Waals surface area contributed by atoms with Crippen LogP contribution >= 0.6 is 0 Å². The van der Waals surface area contributed by atoms with Crippen molar-refractivity contribution < 1.29 is 23.9 Å². The summed E-state index contributed by atoms with van der Waals surface area (Å²) in [6.07, 6.45) is 0.262. The van der Waals surface area contributed by atoms with E-state index in [1.807, 2.05) is 0 Å². The molecule has 7 nitrogen and oxygen atoms in total. The molecule has 0 rings (SSSR count). The number of carbonyl (C=O) groups excluding carboxylic acids is 3. The van der Waals surface area contributed by atoms with Gasteiger partial charge in [0.15, 0.2) is 6.61 Å². The molecule has 0 heterocycles. The van der Waals surface area contributed by atoms with Crippen LogP contribution in [0.15, 0.2) is 0 Å². The quantitative estimate of drug-likeness (QED) is 0.543. The molecule has 92 valence electrons. The van der Waals surface area contributed by atoms with Crippen LogP contribution in [0.2, 0.25) is 0 Å². The van der Waals surface area contributed by atoms with Crippen molar-refractivity contribution in [3.05, 3.63) is 0 Å². The topological polar surface area (TPSA) is 108 Å². The molecule has 0 aromatic heterocycles. The van der Waals surface area contributed by atoms with E-state index in [0.29, 0.717) is 0 Å². The first-order valence-corrected chi connectivity index (χ1v) is 4.70. The van der Waals surface area contributed by atoms with Gasteiger partial charge in [0.2, 0.25) is 0 Å². The molecule has 0 aliphatic carbocycles. The highest BCUT2D eigenvalue weighted by molar-refractivity contribution is 5.80. The molecule has 0 aromatic carbocycles. The van der Waals surface area contributed by atoms with Gasteiger partial charge < -0.3 is 20.5 Å². The Kier molecular flexibility index (Phi) is 6.86. The zero-order valence-electron chi connectivity index (χ0n) is 9.32. The van der Waals surface area contributed by atoms with E-state index in [9.17, 15) is 14.4 Å². The number of nitrogens with one attached hydrogen (secondary N) is 1. The molecule has 0 spiro atoms. The van der Waals surface area contributed by atoms with Gasteiger partial charge in [0, 0.05) is 13.5 Å². The summed E-state index contributed by atoms with van der Waals surface area (Å²) in [7, 11) is 1.24. The second-order valence-electron chi connectivity index (χ2n) is 3.05. The Balaban J connectivity index is 3.61. The van der Waals surface area contributed by atoms with Crippen molar-refractivity contribution in [1.29, 1.82) is 0 Å². The maximum Gasteiger partial charge on any atom is 0.322 e. The number of carbonyl (C=O) groups is 3. The van der Waals surface area contributed by atoms with E-state index in [0.717, 1.165) is 0 Å². The van der Waals surface area contributed by atoms with Crippen molar-refractivity contribution in [3.63, 3.8) is 0 Å². The normalized spacial score (nSPS) is 11.4. The smallest absolute Gasteiger partial charge is 0.322 e. The highest BCUT2D eigenvalue weighted by Gasteiger charge is 2.13. The molecule has 0 fully saturated rings. The predicted molar refractivity (Wildman–Crippen MR) is 54.3 cm³/mol. The van der Waals surface area contributed by atoms with E-state index >= 15 is 0 Å². The first kappa shape index (κ1) is 14.4. The van der Waals surface area contributed by atoms with Crippen LogP contribution in [0.5, 0.6) is 0 Å². The van der Waals surface area contributed by atoms with Crippen LogP contribution in [0, 0.1) is 0 Å². The molecule has 0 saturated heterocycles. The third-order valence-electron chi connectivity index (χ3n) is 1.69. The summed E-state index contributed by atoms with van der Waals surface area (Å²) >= 11 is 0. The zero-order chi connectivity index (χ0) is 12.6. The Morgan fingerprint density at radius 1 is 1.38 bits per heavy atom. The van der Waals surface area contributed by atoms with Crippen LogP contribution < -0.4 is 11.1 Å². The average Bonchev–Trinajstić information content (AvgIpc) is 2.24. The van der Waals surface area contributed by atoms with E-state index in [4.69, 9.17) is 5.73 Å². The standard InChI is InChI=1S/C9H16N2O5/c1-6(12)16-5-8(13)11-4-3-7(10)9(14)15-2/h7H,3-5,10H2,1-2H3,(H,11,13)/t7-/m0/s1. The van der Waals surface area contributed by atoms with E-state index in [2.05, 4.69) is 14.8 Å². The Hall–Kier alpha value is -1.63. The lowest BCUT2D eigenvalue weighted by Gasteiger charge is -2.09. The first-order valence-electron chi connectivity index (χ1n) is 4.70. The molecule has 0 aliphatic heterocycles. The maximum absolute atomic E-state index is 11.0. The molecule has 0 bridgehead atoms. The summed E-state index contributed by atoms with van der Waals surface area (Å²) in [5, 5.41) is 2.44. The number of esters is 2. The molecular weight excluding hydrogens is 216 g/mol. The molecule has 0 aliphatic rings. The molecule has 16 heavy (non-hydrogen) atoms. The minimum Gasteiger partial charge on any atom is -0.468 e. The monoisotopic (exact) mass is 232 g/mol. The lowest BCUT2D eigenvalue weighted by molar-refractivity contribution is -0.146. The summed E-state index contributed by atoms with van der Waals surface area (Å²) in [6.45, 7) is 1.10. The minimum atomic E-state index is -0.765. The van der Waals surface area contributed by atoms with Gasteiger partial charge in [0.05, 0.1) is 7.11 Å². The van der Waals surface area contributed by atoms with Crippen LogP contribution in [-0.2, 0) is 23.9 Å². The Morgan fingerprint density at radius 3 is 2.50 bits per heavy atom. The summed E-state index contributed by atoms with van der Waals surface area (Å²) in [4.78, 5) is 32.3. The van der Waals surface area contributed by atoms with E-state index in [1.165, 1.54) is 14.0 Å². The van der Waals surface area contributed by atoms with Gasteiger partial charge in [-0.25, -0.2) is 0 Å². The van der Waals surface area contributed by atoms with Gasteiger partial charge >= 0.3 is 11.9 Å². The maximum atomic E-state index is 11.0. The van der Waals surface area contributed by atoms with Crippen LogP contribution in [0.3, 0.4) is 0 Å². The van der Waals surface area contributed by atoms with Crippen LogP contribution in [0.1, 0.15) is 13.3 Å². The Bertz CT molecular complexity index is 267. The van der Waals surface area contributed by atoms with Crippen LogP contribution in [0.25, 0.3) is 0 Å². The molecule has 7 heteroatoms. The van der Waals surface area contributed by atoms with Crippen molar-refractivity contribution in [3.8, 4) is 0 Å². The minimum absolute atomic E-state index is 0.219. The summed E-state index contributed by atoms with van der Waals surface area (Å²) in [5.74, 6) is -1.50. The Morgan fingerprint density at radius 2 is 2.00 bits per heavy atom. The molecule has 0 aromatic rings. The number of methoxy groups -OCH3 is 1. The van der Waals surface area contributed by atoms with Crippen molar-refractivity contribution in [2.45, 2.75) is 19.4 Å². The molecule has 0 radical (unpaired) electrons. The fourth-order valence-electron chi connectivity index (χ4n) is 0.855. The third-order valence-corrected chi connectivity index (χ3v) is 1.69. The average molecular weight is 232 g/mol. The van der Waals surface area contributed by atoms with E-state index < -0.39 is 23.9 Å². The molecular formula is C9H16N2O5.